The molecule has 2 aromatic rings. The molecule has 0 saturated heterocycles. The highest BCUT2D eigenvalue weighted by atomic mass is 32.2. The van der Waals surface area contributed by atoms with E-state index in [1.807, 2.05) is 19.1 Å². The summed E-state index contributed by atoms with van der Waals surface area (Å²) in [5, 5.41) is 5.88. The molecule has 0 spiro atoms. The Morgan fingerprint density at radius 3 is 2.33 bits per heavy atom. The first-order valence-electron chi connectivity index (χ1n) is 10.5. The lowest BCUT2D eigenvalue weighted by molar-refractivity contribution is -0.114. The number of carbonyl (C=O) groups excluding carboxylic acids is 2. The zero-order valence-corrected chi connectivity index (χ0v) is 19.4. The molecular weight excluding hydrogens is 394 g/mol. The van der Waals surface area contributed by atoms with E-state index < -0.39 is 0 Å². The fourth-order valence-corrected chi connectivity index (χ4v) is 4.02. The van der Waals surface area contributed by atoms with Crippen molar-refractivity contribution in [1.82, 2.24) is 10.2 Å². The van der Waals surface area contributed by atoms with Crippen LogP contribution in [0.3, 0.4) is 0 Å². The quantitative estimate of drug-likeness (QED) is 0.571. The second-order valence-corrected chi connectivity index (χ2v) is 8.72. The second kappa shape index (κ2) is 11.8. The first kappa shape index (κ1) is 24.0. The number of carbonyl (C=O) groups is 2. The molecule has 0 aromatic heterocycles. The van der Waals surface area contributed by atoms with Gasteiger partial charge < -0.3 is 15.5 Å². The van der Waals surface area contributed by atoms with Gasteiger partial charge in [-0.05, 0) is 56.3 Å². The SMILES string of the molecule is CCN(CC)C[C@@H](C)CNC(=O)c1ccc(Sc2ccc(C)cc2)c(NC(C)=O)c1. The summed E-state index contributed by atoms with van der Waals surface area (Å²) < 4.78 is 0. The monoisotopic (exact) mass is 427 g/mol. The van der Waals surface area contributed by atoms with Crippen LogP contribution in [-0.4, -0.2) is 42.9 Å². The highest BCUT2D eigenvalue weighted by molar-refractivity contribution is 7.99. The van der Waals surface area contributed by atoms with Crippen LogP contribution < -0.4 is 10.6 Å². The van der Waals surface area contributed by atoms with Gasteiger partial charge in [0.2, 0.25) is 5.91 Å². The topological polar surface area (TPSA) is 61.4 Å². The first-order valence-corrected chi connectivity index (χ1v) is 11.3. The third kappa shape index (κ3) is 7.50. The molecular formula is C24H33N3O2S. The molecule has 0 bridgehead atoms. The van der Waals surface area contributed by atoms with E-state index in [4.69, 9.17) is 0 Å². The van der Waals surface area contributed by atoms with Crippen molar-refractivity contribution < 1.29 is 9.59 Å². The molecule has 0 aliphatic rings. The molecule has 0 fully saturated rings. The predicted octanol–water partition coefficient (Wildman–Crippen LogP) is 4.81. The van der Waals surface area contributed by atoms with Crippen LogP contribution in [0.4, 0.5) is 5.69 Å². The smallest absolute Gasteiger partial charge is 0.251 e. The van der Waals surface area contributed by atoms with Gasteiger partial charge >= 0.3 is 0 Å². The number of nitrogens with one attached hydrogen (secondary N) is 2. The first-order chi connectivity index (χ1) is 14.3. The second-order valence-electron chi connectivity index (χ2n) is 7.61. The zero-order chi connectivity index (χ0) is 22.1. The Balaban J connectivity index is 2.09. The molecule has 6 heteroatoms. The number of hydrogen-bond donors (Lipinski definition) is 2. The van der Waals surface area contributed by atoms with Crippen molar-refractivity contribution >= 4 is 29.3 Å². The maximum Gasteiger partial charge on any atom is 0.251 e. The minimum Gasteiger partial charge on any atom is -0.352 e. The van der Waals surface area contributed by atoms with Crippen molar-refractivity contribution in [3.8, 4) is 0 Å². The van der Waals surface area contributed by atoms with E-state index in [1.54, 1.807) is 17.8 Å². The summed E-state index contributed by atoms with van der Waals surface area (Å²) in [6.45, 7) is 13.5. The Kier molecular flexibility index (Phi) is 9.40. The third-order valence-corrected chi connectivity index (χ3v) is 5.96. The van der Waals surface area contributed by atoms with Gasteiger partial charge in [0.15, 0.2) is 0 Å². The highest BCUT2D eigenvalue weighted by Gasteiger charge is 2.14. The van der Waals surface area contributed by atoms with Crippen molar-refractivity contribution in [2.75, 3.05) is 31.5 Å². The highest BCUT2D eigenvalue weighted by Crippen LogP contribution is 2.34. The van der Waals surface area contributed by atoms with Crippen LogP contribution in [0.2, 0.25) is 0 Å². The number of nitrogens with zero attached hydrogens (tertiary/aromatic N) is 1. The Morgan fingerprint density at radius 2 is 1.73 bits per heavy atom. The van der Waals surface area contributed by atoms with E-state index in [0.29, 0.717) is 23.7 Å². The molecule has 162 valence electrons. The standard InChI is InChI=1S/C24H33N3O2S/c1-6-27(7-2)16-18(4)15-25-24(29)20-10-13-23(22(14-20)26-19(5)28)30-21-11-8-17(3)9-12-21/h8-14,18H,6-7,15-16H2,1-5H3,(H,25,29)(H,26,28)/t18-/m0/s1. The van der Waals surface area contributed by atoms with E-state index in [1.165, 1.54) is 12.5 Å². The lowest BCUT2D eigenvalue weighted by Gasteiger charge is -2.22. The molecule has 0 unspecified atom stereocenters. The Bertz CT molecular complexity index is 848. The lowest BCUT2D eigenvalue weighted by atomic mass is 10.1. The third-order valence-electron chi connectivity index (χ3n) is 4.88. The van der Waals surface area contributed by atoms with Crippen molar-refractivity contribution in [2.24, 2.45) is 5.92 Å². The van der Waals surface area contributed by atoms with Crippen molar-refractivity contribution in [2.45, 2.75) is 44.4 Å². The number of amides is 2. The normalized spacial score (nSPS) is 11.9. The fraction of sp³-hybridized carbons (Fsp3) is 0.417. The van der Waals surface area contributed by atoms with Gasteiger partial charge in [-0.2, -0.15) is 0 Å². The predicted molar refractivity (Wildman–Crippen MR) is 125 cm³/mol. The van der Waals surface area contributed by atoms with Crippen LogP contribution in [0, 0.1) is 12.8 Å². The van der Waals surface area contributed by atoms with Crippen LogP contribution in [0.25, 0.3) is 0 Å². The van der Waals surface area contributed by atoms with Gasteiger partial charge in [-0.1, -0.05) is 50.2 Å². The maximum atomic E-state index is 12.7. The average molecular weight is 428 g/mol. The van der Waals surface area contributed by atoms with Crippen molar-refractivity contribution in [3.63, 3.8) is 0 Å². The summed E-state index contributed by atoms with van der Waals surface area (Å²) in [6.07, 6.45) is 0. The van der Waals surface area contributed by atoms with Crippen LogP contribution in [0.15, 0.2) is 52.3 Å². The summed E-state index contributed by atoms with van der Waals surface area (Å²) in [4.78, 5) is 28.7. The Labute approximate surface area is 184 Å². The molecule has 0 heterocycles. The van der Waals surface area contributed by atoms with Gasteiger partial charge in [0.05, 0.1) is 5.69 Å². The summed E-state index contributed by atoms with van der Waals surface area (Å²) in [6, 6.07) is 13.7. The fourth-order valence-electron chi connectivity index (χ4n) is 3.14. The molecule has 0 aliphatic carbocycles. The van der Waals surface area contributed by atoms with Gasteiger partial charge in [-0.15, -0.1) is 0 Å². The Hall–Kier alpha value is -2.31. The van der Waals surface area contributed by atoms with Gasteiger partial charge in [0.1, 0.15) is 0 Å². The summed E-state index contributed by atoms with van der Waals surface area (Å²) in [5.41, 5.74) is 2.39. The van der Waals surface area contributed by atoms with Crippen LogP contribution >= 0.6 is 11.8 Å². The van der Waals surface area contributed by atoms with Crippen molar-refractivity contribution in [3.05, 3.63) is 53.6 Å². The zero-order valence-electron chi connectivity index (χ0n) is 18.6. The van der Waals surface area contributed by atoms with Gasteiger partial charge in [0.25, 0.3) is 5.91 Å². The number of rotatable bonds is 10. The van der Waals surface area contributed by atoms with Crippen molar-refractivity contribution in [1.29, 1.82) is 0 Å². The average Bonchev–Trinajstić information content (AvgIpc) is 2.72. The summed E-state index contributed by atoms with van der Waals surface area (Å²) in [7, 11) is 0. The van der Waals surface area contributed by atoms with Gasteiger partial charge in [-0.3, -0.25) is 9.59 Å². The Morgan fingerprint density at radius 1 is 1.07 bits per heavy atom. The lowest BCUT2D eigenvalue weighted by Crippen LogP contribution is -2.35. The van der Waals surface area contributed by atoms with E-state index >= 15 is 0 Å². The minimum absolute atomic E-state index is 0.125. The molecule has 0 saturated carbocycles. The van der Waals surface area contributed by atoms with Crippen LogP contribution in [-0.2, 0) is 4.79 Å². The number of anilines is 1. The van der Waals surface area contributed by atoms with E-state index in [2.05, 4.69) is 60.6 Å². The van der Waals surface area contributed by atoms with E-state index in [-0.39, 0.29) is 11.8 Å². The minimum atomic E-state index is -0.161. The summed E-state index contributed by atoms with van der Waals surface area (Å²) >= 11 is 1.56. The summed E-state index contributed by atoms with van der Waals surface area (Å²) in [5.74, 6) is 0.0751. The van der Waals surface area contributed by atoms with E-state index in [0.717, 1.165) is 29.4 Å². The molecule has 2 rings (SSSR count). The molecule has 30 heavy (non-hydrogen) atoms. The molecule has 2 amide bonds. The number of hydrogen-bond acceptors (Lipinski definition) is 4. The van der Waals surface area contributed by atoms with Crippen LogP contribution in [0.1, 0.15) is 43.6 Å². The molecule has 0 aliphatic heterocycles. The van der Waals surface area contributed by atoms with Gasteiger partial charge in [-0.25, -0.2) is 0 Å². The molecule has 0 radical (unpaired) electrons. The van der Waals surface area contributed by atoms with Gasteiger partial charge in [0, 0.05) is 35.4 Å². The van der Waals surface area contributed by atoms with E-state index in [9.17, 15) is 9.59 Å². The van der Waals surface area contributed by atoms with Crippen LogP contribution in [0.5, 0.6) is 0 Å². The molecule has 2 aromatic carbocycles. The molecule has 1 atom stereocenters. The largest absolute Gasteiger partial charge is 0.352 e. The maximum absolute atomic E-state index is 12.7. The molecule has 2 N–H and O–H groups in total. The number of benzene rings is 2. The molecule has 5 nitrogen and oxygen atoms in total. The number of aryl methyl sites for hydroxylation is 1.